The minimum absolute atomic E-state index is 0. The van der Waals surface area contributed by atoms with Crippen LogP contribution in [0.2, 0.25) is 0 Å². The van der Waals surface area contributed by atoms with E-state index in [0.29, 0.717) is 0 Å². The Labute approximate surface area is 254 Å². The molecule has 2 N–H and O–H groups in total. The summed E-state index contributed by atoms with van der Waals surface area (Å²) in [6, 6.07) is 0. The largest absolute Gasteiger partial charge is 1.00 e. The number of carbonyl (C=O) groups is 4. The monoisotopic (exact) mass is 594 g/mol. The van der Waals surface area contributed by atoms with Crippen LogP contribution in [0.15, 0.2) is 60.8 Å². The number of hydrogen-bond donors (Lipinski definition) is 2. The minimum Gasteiger partial charge on any atom is -0.756 e. The molecule has 1 heterocycles. The van der Waals surface area contributed by atoms with Crippen molar-refractivity contribution >= 4 is 31.7 Å². The van der Waals surface area contributed by atoms with Crippen LogP contribution in [0.5, 0.6) is 0 Å². The number of allylic oxidation sites excluding steroid dienone is 4. The number of phosphoric ester groups is 1. The average molecular weight is 594 g/mol. The van der Waals surface area contributed by atoms with Crippen molar-refractivity contribution in [3.63, 3.8) is 0 Å². The van der Waals surface area contributed by atoms with Gasteiger partial charge in [0.1, 0.15) is 24.4 Å². The van der Waals surface area contributed by atoms with Crippen molar-refractivity contribution in [2.45, 2.75) is 64.1 Å². The maximum Gasteiger partial charge on any atom is 1.00 e. The number of rotatable bonds is 14. The summed E-state index contributed by atoms with van der Waals surface area (Å²) in [5, 5.41) is 11.0. The maximum atomic E-state index is 11.7. The van der Waals surface area contributed by atoms with E-state index < -0.39 is 68.1 Å². The Morgan fingerprint density at radius 1 is 1.15 bits per heavy atom. The van der Waals surface area contributed by atoms with Gasteiger partial charge in [0.15, 0.2) is 12.2 Å². The molecule has 15 heteroatoms. The molecule has 1 unspecified atom stereocenters. The van der Waals surface area contributed by atoms with E-state index in [1.807, 2.05) is 0 Å². The molecule has 1 aliphatic heterocycles. The Balaban J connectivity index is 0.0000152. The SMILES string of the molecule is CC(=O)OC/C=C/C=C\C=C/[C@@H](C[C@@H](OP(=O)([O-])O)[C@](C)(O)/C=C/[C@@H]1OC(=O)C=C[C@@H]1OC(C)=O)OC(C)=O.[Na+]. The first-order valence-corrected chi connectivity index (χ1v) is 13.1. The van der Waals surface area contributed by atoms with Gasteiger partial charge < -0.3 is 38.4 Å². The second-order valence-corrected chi connectivity index (χ2v) is 9.51. The van der Waals surface area contributed by atoms with Crippen LogP contribution in [0.25, 0.3) is 0 Å². The van der Waals surface area contributed by atoms with Gasteiger partial charge in [0.2, 0.25) is 0 Å². The molecule has 0 fully saturated rings. The summed E-state index contributed by atoms with van der Waals surface area (Å²) in [7, 11) is -5.39. The Hall–Kier alpha value is -2.35. The van der Waals surface area contributed by atoms with Crippen molar-refractivity contribution in [3.05, 3.63) is 60.8 Å². The zero-order valence-electron chi connectivity index (χ0n) is 22.8. The molecular weight excluding hydrogens is 562 g/mol. The molecule has 0 saturated carbocycles. The first-order valence-electron chi connectivity index (χ1n) is 11.6. The van der Waals surface area contributed by atoms with Gasteiger partial charge in [0.25, 0.3) is 7.82 Å². The minimum atomic E-state index is -5.39. The summed E-state index contributed by atoms with van der Waals surface area (Å²) in [6.07, 6.45) is 8.27. The molecule has 0 aliphatic carbocycles. The molecule has 6 atom stereocenters. The quantitative estimate of drug-likeness (QED) is 0.0566. The standard InChI is InChI=1S/C25H33O13P.Na/c1-17(26)34-15-9-7-5-6-8-10-20(35-18(2)27)16-23(38-39(31,32)33)25(4,30)14-13-22-21(36-19(3)28)11-12-24(29)37-22;/h5-14,20-23,30H,15-16H2,1-4H3,(H2,31,32,33);/q;+1/p-1/b6-5-,9-7+,10-8-,14-13+;/t20-,21-,22-,23+,25+;/m0./s1. The second-order valence-electron chi connectivity index (χ2n) is 8.37. The molecule has 0 aromatic rings. The van der Waals surface area contributed by atoms with E-state index in [-0.39, 0.29) is 36.2 Å². The van der Waals surface area contributed by atoms with Crippen LogP contribution >= 0.6 is 7.82 Å². The molecule has 0 amide bonds. The summed E-state index contributed by atoms with van der Waals surface area (Å²) in [5.41, 5.74) is -2.14. The average Bonchev–Trinajstić information content (AvgIpc) is 2.78. The maximum absolute atomic E-state index is 11.7. The van der Waals surface area contributed by atoms with Gasteiger partial charge in [-0.2, -0.15) is 0 Å². The van der Waals surface area contributed by atoms with Crippen LogP contribution in [-0.4, -0.2) is 70.5 Å². The van der Waals surface area contributed by atoms with Crippen LogP contribution in [-0.2, 0) is 47.2 Å². The van der Waals surface area contributed by atoms with Crippen molar-refractivity contribution in [1.29, 1.82) is 0 Å². The summed E-state index contributed by atoms with van der Waals surface area (Å²) in [5.74, 6) is -2.55. The normalized spacial score (nSPS) is 21.8. The summed E-state index contributed by atoms with van der Waals surface area (Å²) < 4.78 is 36.3. The molecule has 0 saturated heterocycles. The summed E-state index contributed by atoms with van der Waals surface area (Å²) in [6.45, 7) is 4.77. The Morgan fingerprint density at radius 2 is 1.80 bits per heavy atom. The summed E-state index contributed by atoms with van der Waals surface area (Å²) in [4.78, 5) is 66.2. The topological polar surface area (TPSA) is 195 Å². The van der Waals surface area contributed by atoms with Gasteiger partial charge in [-0.15, -0.1) is 0 Å². The molecule has 0 spiro atoms. The third-order valence-electron chi connectivity index (χ3n) is 4.78. The molecular formula is C25H32NaO13P. The number of phosphoric acid groups is 1. The number of carbonyl (C=O) groups excluding carboxylic acids is 4. The molecule has 0 radical (unpaired) electrons. The molecule has 1 rings (SSSR count). The predicted octanol–water partition coefficient (Wildman–Crippen LogP) is -1.89. The third-order valence-corrected chi connectivity index (χ3v) is 5.30. The number of aliphatic hydroxyl groups is 1. The van der Waals surface area contributed by atoms with Gasteiger partial charge in [-0.1, -0.05) is 30.4 Å². The second kappa shape index (κ2) is 18.2. The Bertz CT molecular complexity index is 1070. The van der Waals surface area contributed by atoms with Crippen LogP contribution in [0.3, 0.4) is 0 Å². The van der Waals surface area contributed by atoms with Gasteiger partial charge in [0.05, 0.1) is 0 Å². The van der Waals surface area contributed by atoms with Crippen LogP contribution < -0.4 is 34.5 Å². The molecule has 0 aromatic heterocycles. The van der Waals surface area contributed by atoms with E-state index in [0.717, 1.165) is 32.9 Å². The van der Waals surface area contributed by atoms with Gasteiger partial charge in [-0.05, 0) is 31.2 Å². The van der Waals surface area contributed by atoms with Gasteiger partial charge >= 0.3 is 53.4 Å². The van der Waals surface area contributed by atoms with E-state index >= 15 is 0 Å². The van der Waals surface area contributed by atoms with E-state index in [2.05, 4.69) is 0 Å². The summed E-state index contributed by atoms with van der Waals surface area (Å²) >= 11 is 0. The number of hydrogen-bond acceptors (Lipinski definition) is 12. The number of ether oxygens (including phenoxy) is 4. The molecule has 0 bridgehead atoms. The van der Waals surface area contributed by atoms with Crippen molar-refractivity contribution in [1.82, 2.24) is 0 Å². The first kappa shape index (κ1) is 37.6. The zero-order valence-corrected chi connectivity index (χ0v) is 25.7. The fourth-order valence-corrected chi connectivity index (χ4v) is 3.74. The number of cyclic esters (lactones) is 1. The van der Waals surface area contributed by atoms with Crippen molar-refractivity contribution in [3.8, 4) is 0 Å². The molecule has 216 valence electrons. The van der Waals surface area contributed by atoms with Crippen molar-refractivity contribution in [2.24, 2.45) is 0 Å². The molecule has 0 aromatic carbocycles. The zero-order chi connectivity index (χ0) is 29.6. The van der Waals surface area contributed by atoms with Crippen molar-refractivity contribution in [2.75, 3.05) is 6.61 Å². The fraction of sp³-hybridized carbons (Fsp3) is 0.440. The van der Waals surface area contributed by atoms with Gasteiger partial charge in [-0.3, -0.25) is 18.9 Å². The van der Waals surface area contributed by atoms with Gasteiger partial charge in [0, 0.05) is 33.3 Å². The van der Waals surface area contributed by atoms with Crippen molar-refractivity contribution < 1.29 is 91.7 Å². The Kier molecular flexibility index (Phi) is 17.1. The predicted molar refractivity (Wildman–Crippen MR) is 133 cm³/mol. The fourth-order valence-electron chi connectivity index (χ4n) is 3.12. The first-order chi connectivity index (χ1) is 18.1. The third kappa shape index (κ3) is 16.7. The van der Waals surface area contributed by atoms with E-state index in [4.69, 9.17) is 23.5 Å². The molecule has 13 nitrogen and oxygen atoms in total. The Morgan fingerprint density at radius 3 is 2.38 bits per heavy atom. The molecule has 1 aliphatic rings. The smallest absolute Gasteiger partial charge is 0.756 e. The van der Waals surface area contributed by atoms with Crippen LogP contribution in [0.4, 0.5) is 0 Å². The van der Waals surface area contributed by atoms with Crippen LogP contribution in [0, 0.1) is 0 Å². The molecule has 40 heavy (non-hydrogen) atoms. The van der Waals surface area contributed by atoms with Gasteiger partial charge in [-0.25, -0.2) is 4.79 Å². The van der Waals surface area contributed by atoms with E-state index in [1.165, 1.54) is 31.2 Å². The number of esters is 4. The van der Waals surface area contributed by atoms with E-state index in [9.17, 15) is 38.6 Å². The van der Waals surface area contributed by atoms with Crippen LogP contribution in [0.1, 0.15) is 34.1 Å². The van der Waals surface area contributed by atoms with E-state index in [1.54, 1.807) is 24.3 Å².